The Morgan fingerprint density at radius 3 is 2.57 bits per heavy atom. The van der Waals surface area contributed by atoms with E-state index in [1.807, 2.05) is 31.5 Å². The Balaban J connectivity index is 2.51. The third-order valence-electron chi connectivity index (χ3n) is 1.79. The first-order valence-electron chi connectivity index (χ1n) is 4.51. The van der Waals surface area contributed by atoms with Crippen LogP contribution in [0.3, 0.4) is 0 Å². The second kappa shape index (κ2) is 4.73. The lowest BCUT2D eigenvalue weighted by atomic mass is 10.1. The number of rotatable bonds is 3. The summed E-state index contributed by atoms with van der Waals surface area (Å²) in [6.45, 7) is 6.45. The summed E-state index contributed by atoms with van der Waals surface area (Å²) in [6.07, 6.45) is -0.935. The Kier molecular flexibility index (Phi) is 4.10. The molecular formula is C10H15BrFNS. The highest BCUT2D eigenvalue weighted by Crippen LogP contribution is 2.29. The minimum atomic E-state index is -0.935. The van der Waals surface area contributed by atoms with Crippen molar-refractivity contribution < 1.29 is 4.39 Å². The van der Waals surface area contributed by atoms with Gasteiger partial charge >= 0.3 is 0 Å². The van der Waals surface area contributed by atoms with E-state index in [9.17, 15) is 4.39 Å². The van der Waals surface area contributed by atoms with Crippen molar-refractivity contribution >= 4 is 27.3 Å². The van der Waals surface area contributed by atoms with E-state index in [2.05, 4.69) is 21.2 Å². The third-order valence-corrected chi connectivity index (χ3v) is 3.54. The van der Waals surface area contributed by atoms with Crippen molar-refractivity contribution in [3.63, 3.8) is 0 Å². The van der Waals surface area contributed by atoms with Crippen molar-refractivity contribution in [3.8, 4) is 0 Å². The third kappa shape index (κ3) is 3.67. The van der Waals surface area contributed by atoms with Crippen molar-refractivity contribution in [2.24, 2.45) is 0 Å². The fourth-order valence-electron chi connectivity index (χ4n) is 1.02. The monoisotopic (exact) mass is 279 g/mol. The molecule has 4 heteroatoms. The quantitative estimate of drug-likeness (QED) is 0.885. The zero-order valence-corrected chi connectivity index (χ0v) is 11.0. The fourth-order valence-corrected chi connectivity index (χ4v) is 2.60. The van der Waals surface area contributed by atoms with Gasteiger partial charge in [0.25, 0.3) is 0 Å². The molecule has 80 valence electrons. The summed E-state index contributed by atoms with van der Waals surface area (Å²) in [7, 11) is 0. The maximum absolute atomic E-state index is 13.7. The van der Waals surface area contributed by atoms with Crippen LogP contribution >= 0.6 is 27.3 Å². The highest BCUT2D eigenvalue weighted by molar-refractivity contribution is 9.10. The number of nitrogens with one attached hydrogen (secondary N) is 1. The first-order valence-corrected chi connectivity index (χ1v) is 6.24. The normalized spacial score (nSPS) is 14.4. The van der Waals surface area contributed by atoms with E-state index in [4.69, 9.17) is 0 Å². The Hall–Kier alpha value is 0.0700. The lowest BCUT2D eigenvalue weighted by Gasteiger charge is -2.21. The lowest BCUT2D eigenvalue weighted by molar-refractivity contribution is 0.291. The van der Waals surface area contributed by atoms with E-state index in [-0.39, 0.29) is 5.54 Å². The molecular weight excluding hydrogens is 265 g/mol. The molecule has 0 saturated heterocycles. The van der Waals surface area contributed by atoms with Gasteiger partial charge < -0.3 is 5.32 Å². The predicted molar refractivity (Wildman–Crippen MR) is 63.6 cm³/mol. The topological polar surface area (TPSA) is 12.0 Å². The molecule has 0 aliphatic heterocycles. The summed E-state index contributed by atoms with van der Waals surface area (Å²) in [5.74, 6) is 0. The number of thiophene rings is 1. The number of halogens is 2. The van der Waals surface area contributed by atoms with Gasteiger partial charge in [0.05, 0.1) is 0 Å². The molecule has 0 saturated carbocycles. The van der Waals surface area contributed by atoms with Gasteiger partial charge in [0.15, 0.2) is 0 Å². The molecule has 1 aromatic rings. The van der Waals surface area contributed by atoms with Crippen molar-refractivity contribution in [2.75, 3.05) is 6.54 Å². The van der Waals surface area contributed by atoms with E-state index in [1.165, 1.54) is 11.3 Å². The predicted octanol–water partition coefficient (Wildman–Crippen LogP) is 3.91. The van der Waals surface area contributed by atoms with Gasteiger partial charge in [-0.05, 0) is 42.1 Å². The van der Waals surface area contributed by atoms with E-state index >= 15 is 0 Å². The van der Waals surface area contributed by atoms with Crippen LogP contribution < -0.4 is 5.32 Å². The van der Waals surface area contributed by atoms with Crippen molar-refractivity contribution in [2.45, 2.75) is 32.5 Å². The van der Waals surface area contributed by atoms with Gasteiger partial charge in [0.2, 0.25) is 0 Å². The van der Waals surface area contributed by atoms with Crippen LogP contribution in [0.2, 0.25) is 0 Å². The van der Waals surface area contributed by atoms with Crippen LogP contribution in [-0.2, 0) is 0 Å². The Labute approximate surface area is 96.8 Å². The molecule has 1 heterocycles. The van der Waals surface area contributed by atoms with Gasteiger partial charge in [-0.25, -0.2) is 4.39 Å². The highest BCUT2D eigenvalue weighted by atomic mass is 79.9. The zero-order valence-electron chi connectivity index (χ0n) is 8.60. The van der Waals surface area contributed by atoms with Crippen LogP contribution in [0.15, 0.2) is 15.2 Å². The summed E-state index contributed by atoms with van der Waals surface area (Å²) in [6, 6.07) is 0. The Morgan fingerprint density at radius 1 is 1.50 bits per heavy atom. The van der Waals surface area contributed by atoms with Gasteiger partial charge in [0.1, 0.15) is 6.17 Å². The van der Waals surface area contributed by atoms with Crippen LogP contribution in [0.4, 0.5) is 4.39 Å². The Morgan fingerprint density at radius 2 is 2.14 bits per heavy atom. The van der Waals surface area contributed by atoms with Crippen molar-refractivity contribution in [1.29, 1.82) is 0 Å². The van der Waals surface area contributed by atoms with Gasteiger partial charge in [-0.2, -0.15) is 11.3 Å². The summed E-state index contributed by atoms with van der Waals surface area (Å²) in [4.78, 5) is 0. The van der Waals surface area contributed by atoms with E-state index in [0.29, 0.717) is 6.54 Å². The van der Waals surface area contributed by atoms with Gasteiger partial charge in [0, 0.05) is 27.5 Å². The van der Waals surface area contributed by atoms with E-state index < -0.39 is 6.17 Å². The minimum Gasteiger partial charge on any atom is -0.309 e. The van der Waals surface area contributed by atoms with Crippen LogP contribution in [-0.4, -0.2) is 12.1 Å². The summed E-state index contributed by atoms with van der Waals surface area (Å²) in [5.41, 5.74) is 0.707. The molecule has 1 unspecified atom stereocenters. The number of hydrogen-bond donors (Lipinski definition) is 1. The first kappa shape index (κ1) is 12.1. The first-order chi connectivity index (χ1) is 6.40. The molecule has 0 aromatic carbocycles. The molecule has 0 amide bonds. The van der Waals surface area contributed by atoms with E-state index in [0.717, 1.165) is 10.0 Å². The molecule has 0 radical (unpaired) electrons. The second-order valence-corrected chi connectivity index (χ2v) is 5.87. The van der Waals surface area contributed by atoms with Crippen LogP contribution in [0.25, 0.3) is 0 Å². The summed E-state index contributed by atoms with van der Waals surface area (Å²) in [5, 5.41) is 6.89. The molecule has 1 aromatic heterocycles. The van der Waals surface area contributed by atoms with Crippen LogP contribution in [0.1, 0.15) is 32.5 Å². The molecule has 0 bridgehead atoms. The molecule has 1 N–H and O–H groups in total. The molecule has 0 spiro atoms. The maximum Gasteiger partial charge on any atom is 0.139 e. The van der Waals surface area contributed by atoms with Crippen molar-refractivity contribution in [3.05, 3.63) is 20.8 Å². The molecule has 0 aliphatic carbocycles. The average molecular weight is 280 g/mol. The minimum absolute atomic E-state index is 0.0349. The number of alkyl halides is 1. The Bertz CT molecular complexity index is 293. The molecule has 0 fully saturated rings. The van der Waals surface area contributed by atoms with Crippen molar-refractivity contribution in [1.82, 2.24) is 5.32 Å². The standard InChI is InChI=1S/C10H15BrFNS/c1-10(2,3)13-4-9(12)7-5-14-6-8(7)11/h5-6,9,13H,4H2,1-3H3. The highest BCUT2D eigenvalue weighted by Gasteiger charge is 2.17. The maximum atomic E-state index is 13.7. The molecule has 14 heavy (non-hydrogen) atoms. The van der Waals surface area contributed by atoms with Crippen LogP contribution in [0, 0.1) is 0 Å². The van der Waals surface area contributed by atoms with Crippen LogP contribution in [0.5, 0.6) is 0 Å². The SMILES string of the molecule is CC(C)(C)NCC(F)c1cscc1Br. The largest absolute Gasteiger partial charge is 0.309 e. The van der Waals surface area contributed by atoms with E-state index in [1.54, 1.807) is 0 Å². The van der Waals surface area contributed by atoms with Gasteiger partial charge in [-0.1, -0.05) is 0 Å². The summed E-state index contributed by atoms with van der Waals surface area (Å²) < 4.78 is 14.5. The molecule has 0 aliphatic rings. The zero-order chi connectivity index (χ0) is 10.8. The molecule has 1 rings (SSSR count). The second-order valence-electron chi connectivity index (χ2n) is 4.27. The number of hydrogen-bond acceptors (Lipinski definition) is 2. The average Bonchev–Trinajstić information content (AvgIpc) is 2.46. The molecule has 1 nitrogen and oxygen atoms in total. The lowest BCUT2D eigenvalue weighted by Crippen LogP contribution is -2.37. The summed E-state index contributed by atoms with van der Waals surface area (Å²) >= 11 is 4.84. The smallest absolute Gasteiger partial charge is 0.139 e. The van der Waals surface area contributed by atoms with Gasteiger partial charge in [-0.15, -0.1) is 0 Å². The van der Waals surface area contributed by atoms with Gasteiger partial charge in [-0.3, -0.25) is 0 Å². The fraction of sp³-hybridized carbons (Fsp3) is 0.600. The molecule has 1 atom stereocenters.